The highest BCUT2D eigenvalue weighted by molar-refractivity contribution is 7.91. The van der Waals surface area contributed by atoms with Crippen LogP contribution < -0.4 is 10.9 Å². The van der Waals surface area contributed by atoms with Crippen molar-refractivity contribution in [1.82, 2.24) is 4.57 Å². The lowest BCUT2D eigenvalue weighted by molar-refractivity contribution is 0.602. The van der Waals surface area contributed by atoms with E-state index in [0.717, 1.165) is 10.9 Å². The maximum absolute atomic E-state index is 12.0. The van der Waals surface area contributed by atoms with Crippen LogP contribution >= 0.6 is 0 Å². The summed E-state index contributed by atoms with van der Waals surface area (Å²) in [5.41, 5.74) is 1.45. The Morgan fingerprint density at radius 2 is 2.05 bits per heavy atom. The largest absolute Gasteiger partial charge is 0.381 e. The Hall–Kier alpha value is -1.82. The van der Waals surface area contributed by atoms with Crippen molar-refractivity contribution in [1.29, 1.82) is 0 Å². The molecule has 20 heavy (non-hydrogen) atoms. The Bertz CT molecular complexity index is 824. The minimum atomic E-state index is -2.93. The summed E-state index contributed by atoms with van der Waals surface area (Å²) in [6, 6.07) is 9.02. The molecule has 0 amide bonds. The monoisotopic (exact) mass is 292 g/mol. The fourth-order valence-corrected chi connectivity index (χ4v) is 4.33. The quantitative estimate of drug-likeness (QED) is 0.901. The maximum atomic E-state index is 12.0. The minimum absolute atomic E-state index is 0.105. The third-order valence-electron chi connectivity index (χ3n) is 3.75. The second-order valence-corrected chi connectivity index (χ2v) is 7.45. The van der Waals surface area contributed by atoms with E-state index in [9.17, 15) is 13.2 Å². The van der Waals surface area contributed by atoms with Gasteiger partial charge in [0.1, 0.15) is 0 Å². The van der Waals surface area contributed by atoms with Gasteiger partial charge in [0.15, 0.2) is 9.84 Å². The molecule has 0 bridgehead atoms. The van der Waals surface area contributed by atoms with Gasteiger partial charge in [0.25, 0.3) is 5.56 Å². The van der Waals surface area contributed by atoms with Gasteiger partial charge in [-0.25, -0.2) is 8.42 Å². The highest BCUT2D eigenvalue weighted by atomic mass is 32.2. The summed E-state index contributed by atoms with van der Waals surface area (Å²) in [6.45, 7) is 0. The van der Waals surface area contributed by atoms with Crippen LogP contribution in [0.1, 0.15) is 6.42 Å². The molecule has 5 nitrogen and oxygen atoms in total. The highest BCUT2D eigenvalue weighted by Crippen LogP contribution is 2.24. The fraction of sp³-hybridized carbons (Fsp3) is 0.357. The molecule has 0 radical (unpaired) electrons. The number of fused-ring (bicyclic) bond motifs is 1. The van der Waals surface area contributed by atoms with E-state index in [1.54, 1.807) is 11.6 Å². The maximum Gasteiger partial charge on any atom is 0.252 e. The molecule has 1 N–H and O–H groups in total. The van der Waals surface area contributed by atoms with Crippen molar-refractivity contribution < 1.29 is 8.42 Å². The van der Waals surface area contributed by atoms with Crippen LogP contribution in [0.5, 0.6) is 0 Å². The molecule has 0 spiro atoms. The Labute approximate surface area is 117 Å². The number of hydrogen-bond donors (Lipinski definition) is 1. The molecule has 0 aliphatic carbocycles. The van der Waals surface area contributed by atoms with E-state index in [4.69, 9.17) is 0 Å². The number of para-hydroxylation sites is 1. The lowest BCUT2D eigenvalue weighted by atomic mass is 10.1. The molecule has 0 saturated carbocycles. The number of pyridine rings is 1. The molecule has 2 aromatic rings. The van der Waals surface area contributed by atoms with Gasteiger partial charge in [0, 0.05) is 30.2 Å². The van der Waals surface area contributed by atoms with Crippen molar-refractivity contribution in [2.24, 2.45) is 7.05 Å². The number of aryl methyl sites for hydroxylation is 1. The first-order valence-corrected chi connectivity index (χ1v) is 8.34. The second kappa shape index (κ2) is 4.63. The van der Waals surface area contributed by atoms with Crippen LogP contribution in [0.2, 0.25) is 0 Å². The summed E-state index contributed by atoms with van der Waals surface area (Å²) in [7, 11) is -1.20. The summed E-state index contributed by atoms with van der Waals surface area (Å²) in [5.74, 6) is 0.351. The lowest BCUT2D eigenvalue weighted by Crippen LogP contribution is -2.23. The fourth-order valence-electron chi connectivity index (χ4n) is 2.66. The van der Waals surface area contributed by atoms with E-state index < -0.39 is 9.84 Å². The van der Waals surface area contributed by atoms with Crippen molar-refractivity contribution in [3.05, 3.63) is 40.7 Å². The molecular formula is C14H16N2O3S. The molecule has 1 saturated heterocycles. The first-order valence-electron chi connectivity index (χ1n) is 6.52. The number of aromatic nitrogens is 1. The van der Waals surface area contributed by atoms with E-state index in [-0.39, 0.29) is 23.1 Å². The van der Waals surface area contributed by atoms with E-state index >= 15 is 0 Å². The van der Waals surface area contributed by atoms with Gasteiger partial charge < -0.3 is 9.88 Å². The molecule has 1 aromatic heterocycles. The third-order valence-corrected chi connectivity index (χ3v) is 5.51. The molecule has 1 atom stereocenters. The van der Waals surface area contributed by atoms with Crippen LogP contribution in [-0.2, 0) is 16.9 Å². The van der Waals surface area contributed by atoms with Gasteiger partial charge >= 0.3 is 0 Å². The van der Waals surface area contributed by atoms with Crippen LogP contribution in [0.15, 0.2) is 35.1 Å². The van der Waals surface area contributed by atoms with Gasteiger partial charge in [-0.3, -0.25) is 4.79 Å². The van der Waals surface area contributed by atoms with Crippen LogP contribution in [0.3, 0.4) is 0 Å². The Kier molecular flexibility index (Phi) is 3.05. The summed E-state index contributed by atoms with van der Waals surface area (Å²) in [5, 5.41) is 4.14. The molecule has 1 aromatic carbocycles. The van der Waals surface area contributed by atoms with Gasteiger partial charge in [0.2, 0.25) is 0 Å². The van der Waals surface area contributed by atoms with E-state index in [1.807, 2.05) is 24.3 Å². The predicted molar refractivity (Wildman–Crippen MR) is 79.9 cm³/mol. The topological polar surface area (TPSA) is 68.2 Å². The molecule has 106 valence electrons. The van der Waals surface area contributed by atoms with Crippen molar-refractivity contribution in [2.45, 2.75) is 12.5 Å². The van der Waals surface area contributed by atoms with Crippen molar-refractivity contribution in [3.63, 3.8) is 0 Å². The van der Waals surface area contributed by atoms with Gasteiger partial charge in [0.05, 0.1) is 17.0 Å². The first kappa shape index (κ1) is 13.2. The molecule has 6 heteroatoms. The molecule has 1 fully saturated rings. The van der Waals surface area contributed by atoms with Crippen molar-refractivity contribution >= 4 is 26.4 Å². The number of rotatable bonds is 2. The highest BCUT2D eigenvalue weighted by Gasteiger charge is 2.28. The minimum Gasteiger partial charge on any atom is -0.381 e. The second-order valence-electron chi connectivity index (χ2n) is 5.22. The number of nitrogens with zero attached hydrogens (tertiary/aromatic N) is 1. The van der Waals surface area contributed by atoms with E-state index in [0.29, 0.717) is 12.1 Å². The molecule has 3 rings (SSSR count). The number of hydrogen-bond acceptors (Lipinski definition) is 4. The SMILES string of the molecule is Cn1c(=O)cc(NC2CCS(=O)(=O)C2)c2ccccc21. The molecule has 1 aliphatic heterocycles. The van der Waals surface area contributed by atoms with Gasteiger partial charge in [-0.05, 0) is 12.5 Å². The molecular weight excluding hydrogens is 276 g/mol. The van der Waals surface area contributed by atoms with Gasteiger partial charge in [-0.2, -0.15) is 0 Å². The van der Waals surface area contributed by atoms with E-state index in [1.165, 1.54) is 6.07 Å². The Morgan fingerprint density at radius 3 is 2.75 bits per heavy atom. The van der Waals surface area contributed by atoms with E-state index in [2.05, 4.69) is 5.32 Å². The average Bonchev–Trinajstić information content (AvgIpc) is 2.75. The van der Waals surface area contributed by atoms with Crippen LogP contribution in [-0.4, -0.2) is 30.5 Å². The predicted octanol–water partition coefficient (Wildman–Crippen LogP) is 1.14. The zero-order valence-electron chi connectivity index (χ0n) is 11.2. The summed E-state index contributed by atoms with van der Waals surface area (Å²) in [4.78, 5) is 12.0. The number of anilines is 1. The van der Waals surface area contributed by atoms with Crippen LogP contribution in [0.25, 0.3) is 10.9 Å². The zero-order valence-corrected chi connectivity index (χ0v) is 12.0. The smallest absolute Gasteiger partial charge is 0.252 e. The van der Waals surface area contributed by atoms with Crippen LogP contribution in [0.4, 0.5) is 5.69 Å². The summed E-state index contributed by atoms with van der Waals surface area (Å²) in [6.07, 6.45) is 0.589. The summed E-state index contributed by atoms with van der Waals surface area (Å²) < 4.78 is 24.6. The first-order chi connectivity index (χ1) is 9.46. The normalized spacial score (nSPS) is 21.1. The van der Waals surface area contributed by atoms with Crippen molar-refractivity contribution in [3.8, 4) is 0 Å². The lowest BCUT2D eigenvalue weighted by Gasteiger charge is -2.16. The molecule has 2 heterocycles. The molecule has 1 aliphatic rings. The third kappa shape index (κ3) is 2.31. The average molecular weight is 292 g/mol. The molecule has 1 unspecified atom stereocenters. The van der Waals surface area contributed by atoms with Crippen molar-refractivity contribution in [2.75, 3.05) is 16.8 Å². The van der Waals surface area contributed by atoms with Gasteiger partial charge in [-0.1, -0.05) is 18.2 Å². The van der Waals surface area contributed by atoms with Gasteiger partial charge in [-0.15, -0.1) is 0 Å². The number of sulfone groups is 1. The Balaban J connectivity index is 2.04. The zero-order chi connectivity index (χ0) is 14.3. The number of benzene rings is 1. The standard InChI is InChI=1S/C14H16N2O3S/c1-16-13-5-3-2-4-11(13)12(8-14(16)17)15-10-6-7-20(18,19)9-10/h2-5,8,10,15H,6-7,9H2,1H3. The Morgan fingerprint density at radius 1 is 1.30 bits per heavy atom. The van der Waals surface area contributed by atoms with Crippen LogP contribution in [0, 0.1) is 0 Å². The number of nitrogens with one attached hydrogen (secondary N) is 1. The summed E-state index contributed by atoms with van der Waals surface area (Å²) >= 11 is 0.